The van der Waals surface area contributed by atoms with Crippen molar-refractivity contribution in [2.75, 3.05) is 5.32 Å². The molecule has 2 aromatic carbocycles. The van der Waals surface area contributed by atoms with Gasteiger partial charge in [0, 0.05) is 11.2 Å². The minimum Gasteiger partial charge on any atom is -0.471 e. The van der Waals surface area contributed by atoms with Gasteiger partial charge in [-0.1, -0.05) is 48.0 Å². The van der Waals surface area contributed by atoms with E-state index in [9.17, 15) is 4.79 Å². The topological polar surface area (TPSA) is 86.9 Å². The van der Waals surface area contributed by atoms with Crippen LogP contribution in [-0.2, 0) is 13.3 Å². The lowest BCUT2D eigenvalue weighted by atomic mass is 10.2. The molecule has 0 saturated heterocycles. The molecule has 0 fully saturated rings. The zero-order chi connectivity index (χ0) is 20.1. The van der Waals surface area contributed by atoms with Crippen LogP contribution in [0, 0.1) is 0 Å². The van der Waals surface area contributed by atoms with Crippen LogP contribution >= 0.6 is 11.6 Å². The molecule has 0 saturated carbocycles. The summed E-state index contributed by atoms with van der Waals surface area (Å²) in [4.78, 5) is 16.5. The van der Waals surface area contributed by atoms with Gasteiger partial charge in [0.25, 0.3) is 5.91 Å². The second kappa shape index (κ2) is 8.57. The summed E-state index contributed by atoms with van der Waals surface area (Å²) in [5, 5.41) is 11.7. The highest BCUT2D eigenvalue weighted by molar-refractivity contribution is 6.30. The Morgan fingerprint density at radius 2 is 1.90 bits per heavy atom. The van der Waals surface area contributed by atoms with Crippen molar-refractivity contribution in [3.8, 4) is 5.75 Å². The lowest BCUT2D eigenvalue weighted by molar-refractivity contribution is 0.101. The fourth-order valence-electron chi connectivity index (χ4n) is 2.62. The number of ether oxygens (including phenoxy) is 1. The third-order valence-corrected chi connectivity index (χ3v) is 4.22. The summed E-state index contributed by atoms with van der Waals surface area (Å²) in [7, 11) is 0. The molecule has 0 bridgehead atoms. The largest absolute Gasteiger partial charge is 0.471 e. The molecule has 0 aliphatic rings. The number of anilines is 1. The van der Waals surface area contributed by atoms with E-state index in [-0.39, 0.29) is 18.4 Å². The molecule has 2 aromatic heterocycles. The standard InChI is InChI=1S/C20H17ClN6O2/c21-16-7-4-8-17(11-16)29-14-26-10-9-18(24-26)19(28)23-20-22-13-27(25-20)12-15-5-2-1-3-6-15/h1-11,13H,12,14H2,(H,23,25,28). The molecule has 0 unspecified atom stereocenters. The van der Waals surface area contributed by atoms with E-state index in [0.717, 1.165) is 5.56 Å². The van der Waals surface area contributed by atoms with Crippen molar-refractivity contribution < 1.29 is 9.53 Å². The Labute approximate surface area is 171 Å². The van der Waals surface area contributed by atoms with Gasteiger partial charge in [-0.15, -0.1) is 5.10 Å². The lowest BCUT2D eigenvalue weighted by Gasteiger charge is -2.06. The monoisotopic (exact) mass is 408 g/mol. The van der Waals surface area contributed by atoms with E-state index in [1.165, 1.54) is 4.68 Å². The number of aromatic nitrogens is 5. The molecular formula is C20H17ClN6O2. The van der Waals surface area contributed by atoms with Gasteiger partial charge in [-0.2, -0.15) is 5.10 Å². The molecular weight excluding hydrogens is 392 g/mol. The third-order valence-electron chi connectivity index (χ3n) is 3.98. The van der Waals surface area contributed by atoms with Crippen LogP contribution in [0.25, 0.3) is 0 Å². The van der Waals surface area contributed by atoms with Gasteiger partial charge in [0.15, 0.2) is 12.4 Å². The number of carbonyl (C=O) groups excluding carboxylic acids is 1. The van der Waals surface area contributed by atoms with E-state index in [1.54, 1.807) is 47.5 Å². The van der Waals surface area contributed by atoms with Crippen molar-refractivity contribution >= 4 is 23.5 Å². The van der Waals surface area contributed by atoms with Gasteiger partial charge in [0.05, 0.1) is 6.54 Å². The van der Waals surface area contributed by atoms with Crippen molar-refractivity contribution in [1.29, 1.82) is 0 Å². The van der Waals surface area contributed by atoms with E-state index in [1.807, 2.05) is 30.3 Å². The first-order valence-electron chi connectivity index (χ1n) is 8.82. The van der Waals surface area contributed by atoms with E-state index in [0.29, 0.717) is 17.3 Å². The number of amides is 1. The zero-order valence-corrected chi connectivity index (χ0v) is 16.0. The van der Waals surface area contributed by atoms with Crippen LogP contribution in [0.5, 0.6) is 5.75 Å². The van der Waals surface area contributed by atoms with E-state index in [2.05, 4.69) is 20.5 Å². The smallest absolute Gasteiger partial charge is 0.278 e. The summed E-state index contributed by atoms with van der Waals surface area (Å²) < 4.78 is 8.77. The number of rotatable bonds is 7. The quantitative estimate of drug-likeness (QED) is 0.506. The minimum absolute atomic E-state index is 0.150. The molecule has 0 spiro atoms. The first-order valence-corrected chi connectivity index (χ1v) is 9.20. The maximum absolute atomic E-state index is 12.4. The highest BCUT2D eigenvalue weighted by Gasteiger charge is 2.12. The Hall–Kier alpha value is -3.65. The van der Waals surface area contributed by atoms with Crippen LogP contribution in [0.3, 0.4) is 0 Å². The second-order valence-electron chi connectivity index (χ2n) is 6.18. The van der Waals surface area contributed by atoms with Crippen LogP contribution in [0.4, 0.5) is 5.95 Å². The Morgan fingerprint density at radius 3 is 2.72 bits per heavy atom. The predicted octanol–water partition coefficient (Wildman–Crippen LogP) is 3.47. The van der Waals surface area contributed by atoms with Crippen molar-refractivity contribution in [3.05, 3.63) is 89.5 Å². The molecule has 2 heterocycles. The van der Waals surface area contributed by atoms with Gasteiger partial charge in [-0.25, -0.2) is 14.3 Å². The van der Waals surface area contributed by atoms with E-state index >= 15 is 0 Å². The van der Waals surface area contributed by atoms with Crippen LogP contribution < -0.4 is 10.1 Å². The highest BCUT2D eigenvalue weighted by atomic mass is 35.5. The molecule has 1 N–H and O–H groups in total. The number of nitrogens with zero attached hydrogens (tertiary/aromatic N) is 5. The normalized spacial score (nSPS) is 10.7. The summed E-state index contributed by atoms with van der Waals surface area (Å²) >= 11 is 5.93. The van der Waals surface area contributed by atoms with Gasteiger partial charge in [0.2, 0.25) is 5.95 Å². The predicted molar refractivity (Wildman–Crippen MR) is 108 cm³/mol. The summed E-state index contributed by atoms with van der Waals surface area (Å²) in [5.74, 6) is 0.437. The minimum atomic E-state index is -0.399. The maximum atomic E-state index is 12.4. The Morgan fingerprint density at radius 1 is 1.03 bits per heavy atom. The molecule has 9 heteroatoms. The van der Waals surface area contributed by atoms with E-state index in [4.69, 9.17) is 16.3 Å². The van der Waals surface area contributed by atoms with Gasteiger partial charge in [0.1, 0.15) is 12.1 Å². The molecule has 8 nitrogen and oxygen atoms in total. The zero-order valence-electron chi connectivity index (χ0n) is 15.3. The fraction of sp³-hybridized carbons (Fsp3) is 0.100. The first kappa shape index (κ1) is 18.7. The molecule has 0 atom stereocenters. The third kappa shape index (κ3) is 4.99. The molecule has 4 rings (SSSR count). The average Bonchev–Trinajstić information content (AvgIpc) is 3.37. The van der Waals surface area contributed by atoms with Gasteiger partial charge >= 0.3 is 0 Å². The lowest BCUT2D eigenvalue weighted by Crippen LogP contribution is -2.15. The second-order valence-corrected chi connectivity index (χ2v) is 6.61. The number of nitrogens with one attached hydrogen (secondary N) is 1. The van der Waals surface area contributed by atoms with Crippen molar-refractivity contribution in [3.63, 3.8) is 0 Å². The Bertz CT molecular complexity index is 1110. The van der Waals surface area contributed by atoms with Crippen LogP contribution in [0.15, 0.2) is 73.2 Å². The maximum Gasteiger partial charge on any atom is 0.278 e. The van der Waals surface area contributed by atoms with Gasteiger partial charge < -0.3 is 4.74 Å². The summed E-state index contributed by atoms with van der Waals surface area (Å²) in [6.45, 7) is 0.719. The van der Waals surface area contributed by atoms with Crippen molar-refractivity contribution in [2.24, 2.45) is 0 Å². The Kier molecular flexibility index (Phi) is 5.53. The number of hydrogen-bond donors (Lipinski definition) is 1. The van der Waals surface area contributed by atoms with Gasteiger partial charge in [-0.05, 0) is 29.8 Å². The van der Waals surface area contributed by atoms with Crippen LogP contribution in [0.2, 0.25) is 5.02 Å². The van der Waals surface area contributed by atoms with Crippen LogP contribution in [-0.4, -0.2) is 30.5 Å². The summed E-state index contributed by atoms with van der Waals surface area (Å²) in [6, 6.07) is 18.5. The average molecular weight is 409 g/mol. The molecule has 0 radical (unpaired) electrons. The molecule has 0 aliphatic carbocycles. The Balaban J connectivity index is 1.33. The van der Waals surface area contributed by atoms with Crippen molar-refractivity contribution in [2.45, 2.75) is 13.3 Å². The fourth-order valence-corrected chi connectivity index (χ4v) is 2.80. The summed E-state index contributed by atoms with van der Waals surface area (Å²) in [6.07, 6.45) is 3.22. The molecule has 1 amide bonds. The highest BCUT2D eigenvalue weighted by Crippen LogP contribution is 2.17. The molecule has 29 heavy (non-hydrogen) atoms. The number of carbonyl (C=O) groups is 1. The molecule has 4 aromatic rings. The molecule has 146 valence electrons. The first-order chi connectivity index (χ1) is 14.2. The summed E-state index contributed by atoms with van der Waals surface area (Å²) in [5.41, 5.74) is 1.33. The number of halogens is 1. The van der Waals surface area contributed by atoms with Crippen LogP contribution in [0.1, 0.15) is 16.1 Å². The van der Waals surface area contributed by atoms with Gasteiger partial charge in [-0.3, -0.25) is 10.1 Å². The molecule has 0 aliphatic heterocycles. The number of hydrogen-bond acceptors (Lipinski definition) is 5. The SMILES string of the molecule is O=C(Nc1ncn(Cc2ccccc2)n1)c1ccn(COc2cccc(Cl)c2)n1. The van der Waals surface area contributed by atoms with Crippen molar-refractivity contribution in [1.82, 2.24) is 24.5 Å². The van der Waals surface area contributed by atoms with E-state index < -0.39 is 5.91 Å². The number of benzene rings is 2.